The number of methoxy groups -OCH3 is 1. The largest absolute Gasteiger partial charge is 0.449 e. The molecule has 12 heteroatoms. The number of thiazole rings is 1. The number of allylic oxidation sites excluding steroid dienone is 1. The van der Waals surface area contributed by atoms with E-state index in [1.807, 2.05) is 17.0 Å². The fraction of sp³-hybridized carbons (Fsp3) is 0.409. The zero-order chi connectivity index (χ0) is 23.9. The van der Waals surface area contributed by atoms with E-state index in [4.69, 9.17) is 26.8 Å². The number of para-hydroxylation sites is 1. The molecule has 4 aliphatic rings. The summed E-state index contributed by atoms with van der Waals surface area (Å²) in [5, 5.41) is 4.15. The van der Waals surface area contributed by atoms with Crippen molar-refractivity contribution in [3.05, 3.63) is 34.5 Å². The molecular weight excluding hydrogens is 482 g/mol. The van der Waals surface area contributed by atoms with E-state index in [2.05, 4.69) is 15.3 Å². The Morgan fingerprint density at radius 2 is 2.24 bits per heavy atom. The molecule has 0 saturated carbocycles. The van der Waals surface area contributed by atoms with Crippen molar-refractivity contribution in [2.45, 2.75) is 24.7 Å². The molecule has 4 heterocycles. The molecule has 0 radical (unpaired) electrons. The number of halogens is 1. The van der Waals surface area contributed by atoms with Gasteiger partial charge in [0.2, 0.25) is 10.9 Å². The highest BCUT2D eigenvalue weighted by atomic mass is 35.5. The first-order valence-electron chi connectivity index (χ1n) is 10.8. The maximum atomic E-state index is 13.8. The molecule has 1 aromatic carbocycles. The van der Waals surface area contributed by atoms with Crippen LogP contribution in [-0.4, -0.2) is 71.3 Å². The third-order valence-electron chi connectivity index (χ3n) is 7.11. The number of carbonyl (C=O) groups is 3. The molecule has 3 N–H and O–H groups in total. The zero-order valence-corrected chi connectivity index (χ0v) is 19.8. The van der Waals surface area contributed by atoms with Crippen LogP contribution < -0.4 is 11.1 Å². The molecule has 2 saturated heterocycles. The lowest BCUT2D eigenvalue weighted by molar-refractivity contribution is -0.138. The Kier molecular flexibility index (Phi) is 4.66. The number of aromatic nitrogens is 1. The summed E-state index contributed by atoms with van der Waals surface area (Å²) in [6.07, 6.45) is -0.964. The van der Waals surface area contributed by atoms with Crippen LogP contribution in [0, 0.1) is 11.8 Å². The average Bonchev–Trinajstić information content (AvgIpc) is 3.20. The first kappa shape index (κ1) is 21.7. The highest BCUT2D eigenvalue weighted by Crippen LogP contribution is 2.55. The van der Waals surface area contributed by atoms with Gasteiger partial charge in [-0.05, 0) is 19.1 Å². The lowest BCUT2D eigenvalue weighted by Crippen LogP contribution is -2.55. The highest BCUT2D eigenvalue weighted by Gasteiger charge is 2.73. The fourth-order valence-electron chi connectivity index (χ4n) is 5.58. The molecule has 1 aromatic heterocycles. The molecule has 0 spiro atoms. The predicted molar refractivity (Wildman–Crippen MR) is 124 cm³/mol. The van der Waals surface area contributed by atoms with Crippen molar-refractivity contribution in [3.8, 4) is 0 Å². The fourth-order valence-corrected chi connectivity index (χ4v) is 6.73. The second-order valence-electron chi connectivity index (χ2n) is 8.76. The van der Waals surface area contributed by atoms with Gasteiger partial charge in [0.05, 0.1) is 33.3 Å². The highest BCUT2D eigenvalue weighted by molar-refractivity contribution is 7.22. The molecule has 176 valence electrons. The van der Waals surface area contributed by atoms with Gasteiger partial charge < -0.3 is 25.4 Å². The Bertz CT molecular complexity index is 1350. The summed E-state index contributed by atoms with van der Waals surface area (Å²) in [6, 6.07) is 5.43. The van der Waals surface area contributed by atoms with Gasteiger partial charge in [-0.25, -0.2) is 14.8 Å². The molecule has 5 unspecified atom stereocenters. The number of rotatable bonds is 4. The van der Waals surface area contributed by atoms with Crippen molar-refractivity contribution in [2.75, 3.05) is 20.3 Å². The summed E-state index contributed by atoms with van der Waals surface area (Å²) in [5.41, 5.74) is 5.46. The van der Waals surface area contributed by atoms with Gasteiger partial charge >= 0.3 is 6.09 Å². The second kappa shape index (κ2) is 7.32. The van der Waals surface area contributed by atoms with E-state index in [9.17, 15) is 14.4 Å². The number of Topliss-reactive ketones (excluding diaryl/α,β-unsaturated/α-hetero) is 2. The molecule has 0 bridgehead atoms. The van der Waals surface area contributed by atoms with Gasteiger partial charge in [-0.15, -0.1) is 0 Å². The quantitative estimate of drug-likeness (QED) is 0.603. The lowest BCUT2D eigenvalue weighted by Gasteiger charge is -2.39. The minimum atomic E-state index is -1.02. The maximum absolute atomic E-state index is 13.8. The van der Waals surface area contributed by atoms with Crippen LogP contribution in [0.3, 0.4) is 0 Å². The standard InChI is InChI=1S/C22H20ClN5O5S/c1-8-14(26-21-27-15-10(23)4-3-5-12(15)34-21)18(30)13-9(7-33-20(24)31)22(32-2)19-11(25-19)6-28(22)16(13)17(8)29/h3-5,8-9,11,19,25H,6-7H2,1-2H3,(H2,24,31). The van der Waals surface area contributed by atoms with E-state index in [1.165, 1.54) is 18.4 Å². The number of nitrogens with two attached hydrogens (primary N) is 1. The van der Waals surface area contributed by atoms with E-state index in [0.29, 0.717) is 27.9 Å². The van der Waals surface area contributed by atoms with Crippen LogP contribution >= 0.6 is 22.9 Å². The normalized spacial score (nSPS) is 32.9. The molecule has 2 aromatic rings. The van der Waals surface area contributed by atoms with E-state index in [1.54, 1.807) is 13.0 Å². The molecule has 3 aliphatic heterocycles. The number of nitrogens with one attached hydrogen (secondary N) is 1. The molecule has 6 rings (SSSR count). The van der Waals surface area contributed by atoms with Crippen LogP contribution in [0.25, 0.3) is 10.2 Å². The summed E-state index contributed by atoms with van der Waals surface area (Å²) in [7, 11) is 1.53. The Morgan fingerprint density at radius 1 is 1.44 bits per heavy atom. The van der Waals surface area contributed by atoms with Crippen molar-refractivity contribution in [1.82, 2.24) is 15.2 Å². The van der Waals surface area contributed by atoms with Crippen LogP contribution in [0.1, 0.15) is 6.92 Å². The summed E-state index contributed by atoms with van der Waals surface area (Å²) < 4.78 is 11.9. The van der Waals surface area contributed by atoms with Crippen LogP contribution in [-0.2, 0) is 19.1 Å². The Morgan fingerprint density at radius 3 is 2.94 bits per heavy atom. The number of primary amides is 1. The van der Waals surface area contributed by atoms with E-state index >= 15 is 0 Å². The van der Waals surface area contributed by atoms with Crippen molar-refractivity contribution < 1.29 is 23.9 Å². The van der Waals surface area contributed by atoms with Gasteiger partial charge in [-0.2, -0.15) is 0 Å². The monoisotopic (exact) mass is 501 g/mol. The summed E-state index contributed by atoms with van der Waals surface area (Å²) in [4.78, 5) is 49.7. The van der Waals surface area contributed by atoms with E-state index in [0.717, 1.165) is 4.70 Å². The minimum absolute atomic E-state index is 0.0933. The number of fused-ring (bicyclic) bond motifs is 5. The van der Waals surface area contributed by atoms with Crippen molar-refractivity contribution >= 4 is 61.7 Å². The van der Waals surface area contributed by atoms with E-state index < -0.39 is 23.7 Å². The number of aliphatic imine (C=N–C) groups is 1. The number of amides is 1. The van der Waals surface area contributed by atoms with Gasteiger partial charge in [0, 0.05) is 25.3 Å². The number of nitrogens with zero attached hydrogens (tertiary/aromatic N) is 3. The number of ketones is 2. The maximum Gasteiger partial charge on any atom is 0.404 e. The molecule has 10 nitrogen and oxygen atoms in total. The van der Waals surface area contributed by atoms with Gasteiger partial charge in [-0.1, -0.05) is 29.0 Å². The number of benzene rings is 1. The smallest absolute Gasteiger partial charge is 0.404 e. The number of hydrogen-bond donors (Lipinski definition) is 2. The Labute approximate surface area is 202 Å². The van der Waals surface area contributed by atoms with Crippen molar-refractivity contribution in [2.24, 2.45) is 22.6 Å². The lowest BCUT2D eigenvalue weighted by atomic mass is 9.78. The molecule has 1 aliphatic carbocycles. The third-order valence-corrected chi connectivity index (χ3v) is 8.33. The minimum Gasteiger partial charge on any atom is -0.449 e. The SMILES string of the molecule is COC12C(COC(N)=O)C3=C(C(=O)C(C)C(=Nc4nc5c(Cl)cccc5s4)C3=O)N1CC1NC12. The average molecular weight is 502 g/mol. The molecule has 5 atom stereocenters. The van der Waals surface area contributed by atoms with Gasteiger partial charge in [0.25, 0.3) is 0 Å². The number of ether oxygens (including phenoxy) is 2. The van der Waals surface area contributed by atoms with Gasteiger partial charge in [0.1, 0.15) is 17.8 Å². The summed E-state index contributed by atoms with van der Waals surface area (Å²) in [6.45, 7) is 1.99. The van der Waals surface area contributed by atoms with Gasteiger partial charge in [0.15, 0.2) is 11.5 Å². The summed E-state index contributed by atoms with van der Waals surface area (Å²) in [5.74, 6) is -2.08. The number of hydrogen-bond acceptors (Lipinski definition) is 10. The Balaban J connectivity index is 1.46. The topological polar surface area (TPSA) is 146 Å². The number of piperazine rings is 1. The van der Waals surface area contributed by atoms with Crippen molar-refractivity contribution in [1.29, 1.82) is 0 Å². The second-order valence-corrected chi connectivity index (χ2v) is 10.2. The Hall–Kier alpha value is -2.86. The predicted octanol–water partition coefficient (Wildman–Crippen LogP) is 1.79. The van der Waals surface area contributed by atoms with Gasteiger partial charge in [-0.3, -0.25) is 9.59 Å². The number of carbonyl (C=O) groups excluding carboxylic acids is 3. The molecule has 1 amide bonds. The molecular formula is C22H20ClN5O5S. The van der Waals surface area contributed by atoms with Crippen LogP contribution in [0.5, 0.6) is 0 Å². The van der Waals surface area contributed by atoms with Crippen molar-refractivity contribution in [3.63, 3.8) is 0 Å². The van der Waals surface area contributed by atoms with Crippen LogP contribution in [0.2, 0.25) is 5.02 Å². The van der Waals surface area contributed by atoms with Crippen LogP contribution in [0.15, 0.2) is 34.5 Å². The molecule has 34 heavy (non-hydrogen) atoms. The molecule has 2 fully saturated rings. The van der Waals surface area contributed by atoms with Crippen LogP contribution in [0.4, 0.5) is 9.93 Å². The summed E-state index contributed by atoms with van der Waals surface area (Å²) >= 11 is 7.52. The first-order valence-corrected chi connectivity index (χ1v) is 11.9. The van der Waals surface area contributed by atoms with E-state index in [-0.39, 0.29) is 41.5 Å². The zero-order valence-electron chi connectivity index (χ0n) is 18.2. The third kappa shape index (κ3) is 2.78. The first-order chi connectivity index (χ1) is 16.3.